The zero-order valence-electron chi connectivity index (χ0n) is 12.0. The van der Waals surface area contributed by atoms with Gasteiger partial charge >= 0.3 is 0 Å². The maximum atomic E-state index is 5.60. The highest BCUT2D eigenvalue weighted by molar-refractivity contribution is 5.62. The number of rotatable bonds is 3. The normalized spacial score (nSPS) is 13.3. The molecule has 6 nitrogen and oxygen atoms in total. The SMILES string of the molecule is CCn1nc(-c2ccc3c(c2)OCCO3)nc1N(C)C. The highest BCUT2D eigenvalue weighted by Gasteiger charge is 2.16. The maximum Gasteiger partial charge on any atom is 0.223 e. The number of benzene rings is 1. The van der Waals surface area contributed by atoms with E-state index >= 15 is 0 Å². The second kappa shape index (κ2) is 5.03. The van der Waals surface area contributed by atoms with Crippen molar-refractivity contribution in [2.24, 2.45) is 0 Å². The summed E-state index contributed by atoms with van der Waals surface area (Å²) in [6.07, 6.45) is 0. The van der Waals surface area contributed by atoms with Gasteiger partial charge in [-0.05, 0) is 25.1 Å². The summed E-state index contributed by atoms with van der Waals surface area (Å²) in [4.78, 5) is 6.54. The summed E-state index contributed by atoms with van der Waals surface area (Å²) < 4.78 is 13.0. The molecule has 0 radical (unpaired) electrons. The van der Waals surface area contributed by atoms with Gasteiger partial charge in [0.05, 0.1) is 0 Å². The zero-order chi connectivity index (χ0) is 14.1. The van der Waals surface area contributed by atoms with Crippen LogP contribution in [-0.4, -0.2) is 42.1 Å². The molecular formula is C14H18N4O2. The van der Waals surface area contributed by atoms with Gasteiger partial charge in [-0.2, -0.15) is 4.98 Å². The van der Waals surface area contributed by atoms with E-state index < -0.39 is 0 Å². The summed E-state index contributed by atoms with van der Waals surface area (Å²) in [5.41, 5.74) is 0.935. The summed E-state index contributed by atoms with van der Waals surface area (Å²) in [6.45, 7) is 4.01. The molecule has 1 aliphatic rings. The van der Waals surface area contributed by atoms with Crippen LogP contribution in [0.3, 0.4) is 0 Å². The highest BCUT2D eigenvalue weighted by Crippen LogP contribution is 2.33. The van der Waals surface area contributed by atoms with E-state index in [2.05, 4.69) is 17.0 Å². The number of ether oxygens (including phenoxy) is 2. The van der Waals surface area contributed by atoms with Crippen LogP contribution >= 0.6 is 0 Å². The first-order valence-electron chi connectivity index (χ1n) is 6.71. The van der Waals surface area contributed by atoms with Gasteiger partial charge in [0.15, 0.2) is 17.3 Å². The number of aryl methyl sites for hydroxylation is 1. The van der Waals surface area contributed by atoms with E-state index in [4.69, 9.17) is 9.47 Å². The summed E-state index contributed by atoms with van der Waals surface area (Å²) in [6, 6.07) is 5.80. The summed E-state index contributed by atoms with van der Waals surface area (Å²) in [5, 5.41) is 4.54. The van der Waals surface area contributed by atoms with Crippen LogP contribution in [0.5, 0.6) is 11.5 Å². The first-order chi connectivity index (χ1) is 9.69. The van der Waals surface area contributed by atoms with E-state index in [1.165, 1.54) is 0 Å². The number of anilines is 1. The molecule has 0 unspecified atom stereocenters. The first kappa shape index (κ1) is 12.8. The van der Waals surface area contributed by atoms with Crippen LogP contribution in [0.2, 0.25) is 0 Å². The lowest BCUT2D eigenvalue weighted by Gasteiger charge is -2.18. The minimum atomic E-state index is 0.580. The number of fused-ring (bicyclic) bond motifs is 1. The van der Waals surface area contributed by atoms with Crippen LogP contribution in [0.25, 0.3) is 11.4 Å². The number of hydrogen-bond acceptors (Lipinski definition) is 5. The minimum absolute atomic E-state index is 0.580. The van der Waals surface area contributed by atoms with Crippen LogP contribution in [0.1, 0.15) is 6.92 Å². The van der Waals surface area contributed by atoms with Crippen molar-refractivity contribution in [1.82, 2.24) is 14.8 Å². The van der Waals surface area contributed by atoms with Gasteiger partial charge in [-0.15, -0.1) is 5.10 Å². The molecule has 0 atom stereocenters. The first-order valence-corrected chi connectivity index (χ1v) is 6.71. The Bertz CT molecular complexity index is 622. The third-order valence-electron chi connectivity index (χ3n) is 3.15. The van der Waals surface area contributed by atoms with Crippen molar-refractivity contribution < 1.29 is 9.47 Å². The fourth-order valence-electron chi connectivity index (χ4n) is 2.18. The Labute approximate surface area is 117 Å². The van der Waals surface area contributed by atoms with Gasteiger partial charge in [-0.25, -0.2) is 4.68 Å². The Balaban J connectivity index is 2.00. The summed E-state index contributed by atoms with van der Waals surface area (Å²) in [5.74, 6) is 3.08. The monoisotopic (exact) mass is 274 g/mol. The molecule has 6 heteroatoms. The second-order valence-corrected chi connectivity index (χ2v) is 4.80. The standard InChI is InChI=1S/C14H18N4O2/c1-4-18-14(17(2)3)15-13(16-18)10-5-6-11-12(9-10)20-8-7-19-11/h5-6,9H,4,7-8H2,1-3H3. The molecular weight excluding hydrogens is 256 g/mol. The molecule has 0 N–H and O–H groups in total. The quantitative estimate of drug-likeness (QED) is 0.854. The van der Waals surface area contributed by atoms with Crippen molar-refractivity contribution in [1.29, 1.82) is 0 Å². The molecule has 1 aromatic carbocycles. The van der Waals surface area contributed by atoms with Gasteiger partial charge in [0.1, 0.15) is 13.2 Å². The third kappa shape index (κ3) is 2.17. The molecule has 1 aromatic heterocycles. The molecule has 2 heterocycles. The van der Waals surface area contributed by atoms with E-state index in [9.17, 15) is 0 Å². The van der Waals surface area contributed by atoms with Crippen LogP contribution in [-0.2, 0) is 6.54 Å². The van der Waals surface area contributed by atoms with Crippen molar-refractivity contribution in [2.45, 2.75) is 13.5 Å². The molecule has 0 saturated carbocycles. The Kier molecular flexibility index (Phi) is 3.22. The van der Waals surface area contributed by atoms with Gasteiger partial charge in [-0.1, -0.05) is 0 Å². The van der Waals surface area contributed by atoms with Gasteiger partial charge in [0, 0.05) is 26.2 Å². The predicted molar refractivity (Wildman–Crippen MR) is 76.4 cm³/mol. The van der Waals surface area contributed by atoms with Crippen molar-refractivity contribution in [3.63, 3.8) is 0 Å². The average Bonchev–Trinajstić information content (AvgIpc) is 2.91. The third-order valence-corrected chi connectivity index (χ3v) is 3.15. The van der Waals surface area contributed by atoms with Crippen LogP contribution in [0, 0.1) is 0 Å². The largest absolute Gasteiger partial charge is 0.486 e. The zero-order valence-corrected chi connectivity index (χ0v) is 12.0. The number of hydrogen-bond donors (Lipinski definition) is 0. The topological polar surface area (TPSA) is 52.4 Å². The van der Waals surface area contributed by atoms with Crippen molar-refractivity contribution >= 4 is 5.95 Å². The average molecular weight is 274 g/mol. The summed E-state index contributed by atoms with van der Waals surface area (Å²) in [7, 11) is 3.92. The maximum absolute atomic E-state index is 5.60. The molecule has 0 aliphatic carbocycles. The molecule has 0 spiro atoms. The minimum Gasteiger partial charge on any atom is -0.486 e. The van der Waals surface area contributed by atoms with E-state index in [1.54, 1.807) is 0 Å². The lowest BCUT2D eigenvalue weighted by atomic mass is 10.2. The Hall–Kier alpha value is -2.24. The molecule has 0 bridgehead atoms. The molecule has 0 fully saturated rings. The molecule has 1 aliphatic heterocycles. The van der Waals surface area contributed by atoms with E-state index in [0.29, 0.717) is 19.0 Å². The van der Waals surface area contributed by atoms with Crippen molar-refractivity contribution in [2.75, 3.05) is 32.2 Å². The van der Waals surface area contributed by atoms with Crippen LogP contribution in [0.4, 0.5) is 5.95 Å². The molecule has 3 rings (SSSR count). The van der Waals surface area contributed by atoms with E-state index in [0.717, 1.165) is 29.6 Å². The predicted octanol–water partition coefficient (Wildman–Crippen LogP) is 1.80. The van der Waals surface area contributed by atoms with Crippen molar-refractivity contribution in [3.05, 3.63) is 18.2 Å². The Morgan fingerprint density at radius 3 is 2.60 bits per heavy atom. The number of nitrogens with zero attached hydrogens (tertiary/aromatic N) is 4. The van der Waals surface area contributed by atoms with Crippen LogP contribution in [0.15, 0.2) is 18.2 Å². The lowest BCUT2D eigenvalue weighted by Crippen LogP contribution is -2.15. The fourth-order valence-corrected chi connectivity index (χ4v) is 2.18. The van der Waals surface area contributed by atoms with E-state index in [-0.39, 0.29) is 0 Å². The van der Waals surface area contributed by atoms with Crippen molar-refractivity contribution in [3.8, 4) is 22.9 Å². The smallest absolute Gasteiger partial charge is 0.223 e. The molecule has 2 aromatic rings. The van der Waals surface area contributed by atoms with Gasteiger partial charge < -0.3 is 14.4 Å². The second-order valence-electron chi connectivity index (χ2n) is 4.80. The van der Waals surface area contributed by atoms with Gasteiger partial charge in [0.2, 0.25) is 5.95 Å². The molecule has 106 valence electrons. The Morgan fingerprint density at radius 1 is 1.20 bits per heavy atom. The highest BCUT2D eigenvalue weighted by atomic mass is 16.6. The molecule has 0 amide bonds. The van der Waals surface area contributed by atoms with Gasteiger partial charge in [-0.3, -0.25) is 0 Å². The van der Waals surface area contributed by atoms with Crippen LogP contribution < -0.4 is 14.4 Å². The molecule has 20 heavy (non-hydrogen) atoms. The number of aromatic nitrogens is 3. The Morgan fingerprint density at radius 2 is 1.95 bits per heavy atom. The molecule has 0 saturated heterocycles. The lowest BCUT2D eigenvalue weighted by molar-refractivity contribution is 0.171. The van der Waals surface area contributed by atoms with E-state index in [1.807, 2.05) is 41.9 Å². The fraction of sp³-hybridized carbons (Fsp3) is 0.429. The summed E-state index contributed by atoms with van der Waals surface area (Å²) >= 11 is 0. The van der Waals surface area contributed by atoms with Gasteiger partial charge in [0.25, 0.3) is 0 Å².